The Morgan fingerprint density at radius 1 is 0.936 bits per heavy atom. The van der Waals surface area contributed by atoms with E-state index in [1.54, 1.807) is 36.5 Å². The van der Waals surface area contributed by atoms with E-state index in [0.29, 0.717) is 35.6 Å². The number of benzene rings is 3. The molecule has 1 unspecified atom stereocenters. The predicted molar refractivity (Wildman–Crippen MR) is 172 cm³/mol. The molecule has 2 saturated heterocycles. The molecule has 0 spiro atoms. The first-order valence-corrected chi connectivity index (χ1v) is 15.4. The highest BCUT2D eigenvalue weighted by Gasteiger charge is 2.43. The number of likely N-dealkylation sites (tertiary alicyclic amines) is 1. The number of hydrogen-bond acceptors (Lipinski definition) is 8. The first kappa shape index (κ1) is 31.5. The molecule has 2 fully saturated rings. The summed E-state index contributed by atoms with van der Waals surface area (Å²) in [6.07, 6.45) is 3.26. The number of anilines is 2. The number of hydrogen-bond donors (Lipinski definition) is 2. The fourth-order valence-corrected chi connectivity index (χ4v) is 6.07. The van der Waals surface area contributed by atoms with Gasteiger partial charge < -0.3 is 14.8 Å². The topological polar surface area (TPSA) is 138 Å². The van der Waals surface area contributed by atoms with Crippen molar-refractivity contribution in [2.24, 2.45) is 5.92 Å². The molecule has 2 N–H and O–H groups in total. The molecule has 0 bridgehead atoms. The van der Waals surface area contributed by atoms with Crippen molar-refractivity contribution in [2.75, 3.05) is 23.3 Å². The zero-order chi connectivity index (χ0) is 33.1. The van der Waals surface area contributed by atoms with E-state index >= 15 is 0 Å². The van der Waals surface area contributed by atoms with Crippen molar-refractivity contribution in [3.63, 3.8) is 0 Å². The number of carbonyl (C=O) groups excluding carboxylic acids is 5. The van der Waals surface area contributed by atoms with E-state index in [0.717, 1.165) is 35.3 Å². The van der Waals surface area contributed by atoms with Crippen LogP contribution in [0.25, 0.3) is 5.57 Å². The smallest absolute Gasteiger partial charge is 0.349 e. The van der Waals surface area contributed by atoms with Crippen LogP contribution in [0.5, 0.6) is 0 Å². The Balaban J connectivity index is 1.28. The molecule has 6 rings (SSSR count). The van der Waals surface area contributed by atoms with Gasteiger partial charge in [-0.25, -0.2) is 20.0 Å². The number of hydrazine groups is 1. The second-order valence-electron chi connectivity index (χ2n) is 12.0. The third kappa shape index (κ3) is 6.73. The maximum atomic E-state index is 14.3. The molecule has 0 aromatic heterocycles. The lowest BCUT2D eigenvalue weighted by atomic mass is 9.97. The molecule has 3 aliphatic heterocycles. The molecule has 3 aromatic rings. The third-order valence-corrected chi connectivity index (χ3v) is 8.22. The van der Waals surface area contributed by atoms with Crippen LogP contribution in [0, 0.1) is 5.92 Å². The first-order chi connectivity index (χ1) is 22.6. The molecule has 47 heavy (non-hydrogen) atoms. The summed E-state index contributed by atoms with van der Waals surface area (Å²) in [6, 6.07) is 22.1. The van der Waals surface area contributed by atoms with E-state index in [1.807, 2.05) is 53.4 Å². The normalized spacial score (nSPS) is 18.8. The zero-order valence-corrected chi connectivity index (χ0v) is 26.0. The van der Waals surface area contributed by atoms with Crippen LogP contribution in [-0.2, 0) is 30.3 Å². The van der Waals surface area contributed by atoms with E-state index < -0.39 is 41.9 Å². The minimum absolute atomic E-state index is 0.00940. The minimum Gasteiger partial charge on any atom is -0.422 e. The molecule has 3 aromatic carbocycles. The van der Waals surface area contributed by atoms with Gasteiger partial charge in [0.25, 0.3) is 5.79 Å². The van der Waals surface area contributed by atoms with Gasteiger partial charge in [-0.05, 0) is 48.6 Å². The zero-order valence-electron chi connectivity index (χ0n) is 26.0. The van der Waals surface area contributed by atoms with Crippen molar-refractivity contribution in [3.05, 3.63) is 102 Å². The number of carbonyl (C=O) groups is 5. The number of rotatable bonds is 8. The largest absolute Gasteiger partial charge is 0.422 e. The quantitative estimate of drug-likeness (QED) is 0.207. The molecule has 0 radical (unpaired) electrons. The van der Waals surface area contributed by atoms with E-state index in [-0.39, 0.29) is 6.42 Å². The Hall–Kier alpha value is -5.49. The summed E-state index contributed by atoms with van der Waals surface area (Å²) in [4.78, 5) is 68.7. The minimum atomic E-state index is -1.33. The lowest BCUT2D eigenvalue weighted by molar-refractivity contribution is -0.239. The number of cyclic esters (lactones) is 2. The molecule has 242 valence electrons. The van der Waals surface area contributed by atoms with Crippen LogP contribution < -0.4 is 15.6 Å². The van der Waals surface area contributed by atoms with Gasteiger partial charge in [-0.15, -0.1) is 0 Å². The second kappa shape index (κ2) is 13.1. The van der Waals surface area contributed by atoms with Crippen LogP contribution >= 0.6 is 0 Å². The highest BCUT2D eigenvalue weighted by atomic mass is 16.7. The van der Waals surface area contributed by atoms with E-state index in [4.69, 9.17) is 9.47 Å². The molecule has 1 atom stereocenters. The summed E-state index contributed by atoms with van der Waals surface area (Å²) in [7, 11) is 0. The Bertz CT molecular complexity index is 1710. The SMILES string of the molecule is CC1(C)OC(=O)C(Cc2cccc(NC(=O)NN3C=C(c4ccccc4)c4ccccc4N(C(C=O)N4CCCC4)C3=O)c2)C(=O)O1. The number of para-hydroxylation sites is 1. The van der Waals surface area contributed by atoms with Crippen LogP contribution in [0.2, 0.25) is 0 Å². The van der Waals surface area contributed by atoms with E-state index in [9.17, 15) is 24.0 Å². The average molecular weight is 638 g/mol. The Kier molecular flexibility index (Phi) is 8.77. The molecular weight excluding hydrogens is 602 g/mol. The molecule has 12 heteroatoms. The van der Waals surface area contributed by atoms with Crippen molar-refractivity contribution >= 4 is 47.2 Å². The molecule has 12 nitrogen and oxygen atoms in total. The van der Waals surface area contributed by atoms with Crippen molar-refractivity contribution in [3.8, 4) is 0 Å². The van der Waals surface area contributed by atoms with Gasteiger partial charge in [0.2, 0.25) is 0 Å². The summed E-state index contributed by atoms with van der Waals surface area (Å²) >= 11 is 0. The van der Waals surface area contributed by atoms with Gasteiger partial charge in [0.05, 0.1) is 5.69 Å². The number of esters is 2. The van der Waals surface area contributed by atoms with Crippen LogP contribution in [0.4, 0.5) is 21.0 Å². The Morgan fingerprint density at radius 2 is 1.62 bits per heavy atom. The van der Waals surface area contributed by atoms with Gasteiger partial charge in [-0.3, -0.25) is 24.2 Å². The number of urea groups is 2. The standard InChI is InChI=1S/C35H35N5O7/c1-35(2)46-31(42)27(32(43)47-35)20-23-11-10-14-25(19-23)36-33(44)37-39-21-28(24-12-4-3-5-13-24)26-15-6-7-16-29(26)40(34(39)45)30(22-41)38-17-8-9-18-38/h3-7,10-16,19,21-22,27,30H,8-9,17-18,20H2,1-2H3,(H2,36,37,44). The number of aldehydes is 1. The molecule has 0 aliphatic carbocycles. The van der Waals surface area contributed by atoms with Crippen LogP contribution in [0.15, 0.2) is 85.1 Å². The lowest BCUT2D eigenvalue weighted by Crippen LogP contribution is -2.57. The number of amides is 4. The van der Waals surface area contributed by atoms with Gasteiger partial charge in [0.15, 0.2) is 12.2 Å². The highest BCUT2D eigenvalue weighted by Crippen LogP contribution is 2.37. The third-order valence-electron chi connectivity index (χ3n) is 8.22. The van der Waals surface area contributed by atoms with Gasteiger partial charge >= 0.3 is 24.0 Å². The van der Waals surface area contributed by atoms with Crippen molar-refractivity contribution < 1.29 is 33.4 Å². The van der Waals surface area contributed by atoms with Crippen LogP contribution in [0.3, 0.4) is 0 Å². The van der Waals surface area contributed by atoms with Crippen molar-refractivity contribution in [2.45, 2.75) is 45.1 Å². The maximum absolute atomic E-state index is 14.3. The molecule has 0 saturated carbocycles. The summed E-state index contributed by atoms with van der Waals surface area (Å²) in [5.41, 5.74) is 6.32. The van der Waals surface area contributed by atoms with Crippen LogP contribution in [-0.4, -0.2) is 65.2 Å². The summed E-state index contributed by atoms with van der Waals surface area (Å²) < 4.78 is 10.5. The van der Waals surface area contributed by atoms with Gasteiger partial charge in [0, 0.05) is 50.0 Å². The maximum Gasteiger partial charge on any atom is 0.349 e. The monoisotopic (exact) mass is 637 g/mol. The van der Waals surface area contributed by atoms with Crippen LogP contribution in [0.1, 0.15) is 43.4 Å². The number of nitrogens with zero attached hydrogens (tertiary/aromatic N) is 3. The second-order valence-corrected chi connectivity index (χ2v) is 12.0. The first-order valence-electron chi connectivity index (χ1n) is 15.4. The highest BCUT2D eigenvalue weighted by molar-refractivity contribution is 6.04. The summed E-state index contributed by atoms with van der Waals surface area (Å²) in [6.45, 7) is 4.29. The average Bonchev–Trinajstić information content (AvgIpc) is 3.55. The molecule has 4 amide bonds. The molecular formula is C35H35N5O7. The number of ether oxygens (including phenoxy) is 2. The molecule has 3 heterocycles. The fraction of sp³-hybridized carbons (Fsp3) is 0.286. The predicted octanol–water partition coefficient (Wildman–Crippen LogP) is 4.67. The van der Waals surface area contributed by atoms with Crippen molar-refractivity contribution in [1.29, 1.82) is 0 Å². The fourth-order valence-electron chi connectivity index (χ4n) is 6.07. The van der Waals surface area contributed by atoms with E-state index in [2.05, 4.69) is 10.7 Å². The summed E-state index contributed by atoms with van der Waals surface area (Å²) in [5, 5.41) is 3.82. The lowest BCUT2D eigenvalue weighted by Gasteiger charge is -2.36. The van der Waals surface area contributed by atoms with E-state index in [1.165, 1.54) is 18.7 Å². The Labute approximate surface area is 271 Å². The van der Waals surface area contributed by atoms with Gasteiger partial charge in [-0.1, -0.05) is 60.7 Å². The number of fused-ring (bicyclic) bond motifs is 1. The summed E-state index contributed by atoms with van der Waals surface area (Å²) in [5.74, 6) is -3.84. The van der Waals surface area contributed by atoms with Gasteiger partial charge in [-0.2, -0.15) is 0 Å². The Morgan fingerprint density at radius 3 is 2.32 bits per heavy atom. The van der Waals surface area contributed by atoms with Gasteiger partial charge in [0.1, 0.15) is 6.17 Å². The number of nitrogens with one attached hydrogen (secondary N) is 2. The van der Waals surface area contributed by atoms with Crippen molar-refractivity contribution in [1.82, 2.24) is 15.3 Å². The molecule has 3 aliphatic rings.